The van der Waals surface area contributed by atoms with E-state index in [4.69, 9.17) is 4.74 Å². The largest absolute Gasteiger partial charge is 0.464 e. The van der Waals surface area contributed by atoms with Crippen LogP contribution in [0, 0.1) is 11.3 Å². The fourth-order valence-electron chi connectivity index (χ4n) is 1.70. The third-order valence-electron chi connectivity index (χ3n) is 2.76. The van der Waals surface area contributed by atoms with E-state index < -0.39 is 0 Å². The number of carbonyl (C=O) groups is 2. The fraction of sp³-hybridized carbons (Fsp3) is 0.714. The second-order valence-corrected chi connectivity index (χ2v) is 5.53. The molecule has 0 bridgehead atoms. The second-order valence-electron chi connectivity index (χ2n) is 5.53. The van der Waals surface area contributed by atoms with Gasteiger partial charge in [0.05, 0.1) is 12.5 Å². The zero-order valence-electron chi connectivity index (χ0n) is 12.1. The van der Waals surface area contributed by atoms with E-state index in [9.17, 15) is 9.59 Å². The predicted molar refractivity (Wildman–Crippen MR) is 72.0 cm³/mol. The summed E-state index contributed by atoms with van der Waals surface area (Å²) in [6.07, 6.45) is 0.750. The Bertz CT molecular complexity index is 315. The second kappa shape index (κ2) is 7.19. The molecule has 0 aliphatic heterocycles. The molecular formula is C14H25NO3. The molecule has 0 saturated heterocycles. The molecule has 0 saturated carbocycles. The van der Waals surface area contributed by atoms with Gasteiger partial charge in [0, 0.05) is 5.57 Å². The number of nitrogens with one attached hydrogen (secondary N) is 1. The van der Waals surface area contributed by atoms with Gasteiger partial charge in [0.15, 0.2) is 0 Å². The summed E-state index contributed by atoms with van der Waals surface area (Å²) in [5.74, 6) is -0.530. The molecule has 1 N–H and O–H groups in total. The molecule has 0 spiro atoms. The number of esters is 1. The molecule has 0 aromatic rings. The summed E-state index contributed by atoms with van der Waals surface area (Å²) in [5.41, 5.74) is 0.342. The number of hydrogen-bond acceptors (Lipinski definition) is 3. The zero-order chi connectivity index (χ0) is 14.3. The maximum absolute atomic E-state index is 11.8. The van der Waals surface area contributed by atoms with Crippen molar-refractivity contribution in [3.8, 4) is 0 Å². The van der Waals surface area contributed by atoms with Crippen LogP contribution in [0.3, 0.4) is 0 Å². The number of amides is 1. The lowest BCUT2D eigenvalue weighted by atomic mass is 9.79. The van der Waals surface area contributed by atoms with Crippen LogP contribution in [0.5, 0.6) is 0 Å². The molecule has 1 amide bonds. The summed E-state index contributed by atoms with van der Waals surface area (Å²) in [7, 11) is 0. The minimum absolute atomic E-state index is 0.104. The van der Waals surface area contributed by atoms with Crippen LogP contribution in [0.4, 0.5) is 0 Å². The summed E-state index contributed by atoms with van der Waals surface area (Å²) >= 11 is 0. The van der Waals surface area contributed by atoms with Crippen LogP contribution in [0.15, 0.2) is 12.2 Å². The topological polar surface area (TPSA) is 55.4 Å². The molecule has 0 rings (SSSR count). The van der Waals surface area contributed by atoms with Crippen molar-refractivity contribution in [3.05, 3.63) is 12.2 Å². The van der Waals surface area contributed by atoms with Crippen LogP contribution in [-0.2, 0) is 14.3 Å². The molecule has 0 fully saturated rings. The lowest BCUT2D eigenvalue weighted by Gasteiger charge is -2.27. The van der Waals surface area contributed by atoms with Crippen molar-refractivity contribution in [1.82, 2.24) is 5.32 Å². The Labute approximate surface area is 110 Å². The molecule has 4 nitrogen and oxygen atoms in total. The Morgan fingerprint density at radius 3 is 2.28 bits per heavy atom. The molecule has 1 atom stereocenters. The van der Waals surface area contributed by atoms with E-state index in [-0.39, 0.29) is 29.8 Å². The third-order valence-corrected chi connectivity index (χ3v) is 2.76. The summed E-state index contributed by atoms with van der Waals surface area (Å²) in [6, 6.07) is 0. The molecule has 1 unspecified atom stereocenters. The highest BCUT2D eigenvalue weighted by molar-refractivity contribution is 5.92. The molecule has 0 aromatic carbocycles. The van der Waals surface area contributed by atoms with Gasteiger partial charge < -0.3 is 10.1 Å². The molecule has 0 aliphatic rings. The Hall–Kier alpha value is -1.32. The quantitative estimate of drug-likeness (QED) is 0.450. The average molecular weight is 255 g/mol. The first kappa shape index (κ1) is 16.7. The number of carbonyl (C=O) groups excluding carboxylic acids is 2. The first-order chi connectivity index (χ1) is 8.20. The van der Waals surface area contributed by atoms with Gasteiger partial charge in [-0.1, -0.05) is 34.3 Å². The number of ether oxygens (including phenoxy) is 1. The molecule has 0 aliphatic carbocycles. The van der Waals surface area contributed by atoms with E-state index in [1.165, 1.54) is 0 Å². The average Bonchev–Trinajstić information content (AvgIpc) is 2.22. The molecule has 18 heavy (non-hydrogen) atoms. The van der Waals surface area contributed by atoms with Crippen molar-refractivity contribution in [2.24, 2.45) is 11.3 Å². The van der Waals surface area contributed by atoms with E-state index in [1.807, 2.05) is 27.7 Å². The normalized spacial score (nSPS) is 12.7. The highest BCUT2D eigenvalue weighted by atomic mass is 16.5. The van der Waals surface area contributed by atoms with E-state index in [2.05, 4.69) is 11.9 Å². The van der Waals surface area contributed by atoms with Crippen molar-refractivity contribution in [1.29, 1.82) is 0 Å². The van der Waals surface area contributed by atoms with Crippen LogP contribution in [0.25, 0.3) is 0 Å². The maximum Gasteiger partial charge on any atom is 0.309 e. The highest BCUT2D eigenvalue weighted by Gasteiger charge is 2.30. The van der Waals surface area contributed by atoms with Crippen LogP contribution >= 0.6 is 0 Å². The number of rotatable bonds is 6. The Morgan fingerprint density at radius 2 is 1.89 bits per heavy atom. The van der Waals surface area contributed by atoms with Crippen molar-refractivity contribution in [2.75, 3.05) is 13.2 Å². The smallest absolute Gasteiger partial charge is 0.309 e. The monoisotopic (exact) mass is 255 g/mol. The summed E-state index contributed by atoms with van der Waals surface area (Å²) in [6.45, 7) is 13.7. The Morgan fingerprint density at radius 1 is 1.33 bits per heavy atom. The zero-order valence-corrected chi connectivity index (χ0v) is 12.1. The lowest BCUT2D eigenvalue weighted by molar-refractivity contribution is -0.152. The first-order valence-electron chi connectivity index (χ1n) is 6.30. The molecule has 0 aromatic heterocycles. The van der Waals surface area contributed by atoms with Crippen molar-refractivity contribution < 1.29 is 14.3 Å². The van der Waals surface area contributed by atoms with Gasteiger partial charge in [0.25, 0.3) is 0 Å². The van der Waals surface area contributed by atoms with Crippen molar-refractivity contribution in [3.63, 3.8) is 0 Å². The molecule has 104 valence electrons. The van der Waals surface area contributed by atoms with E-state index >= 15 is 0 Å². The van der Waals surface area contributed by atoms with Gasteiger partial charge in [-0.05, 0) is 18.8 Å². The summed E-state index contributed by atoms with van der Waals surface area (Å²) in [4.78, 5) is 23.0. The number of hydrogen-bond donors (Lipinski definition) is 1. The third kappa shape index (κ3) is 5.84. The maximum atomic E-state index is 11.8. The van der Waals surface area contributed by atoms with Gasteiger partial charge in [0.2, 0.25) is 5.91 Å². The van der Waals surface area contributed by atoms with Gasteiger partial charge >= 0.3 is 5.97 Å². The van der Waals surface area contributed by atoms with Crippen molar-refractivity contribution in [2.45, 2.75) is 41.0 Å². The van der Waals surface area contributed by atoms with Crippen molar-refractivity contribution >= 4 is 11.9 Å². The van der Waals surface area contributed by atoms with Gasteiger partial charge in [-0.25, -0.2) is 0 Å². The Balaban J connectivity index is 4.04. The van der Waals surface area contributed by atoms with Crippen LogP contribution in [-0.4, -0.2) is 25.0 Å². The first-order valence-corrected chi connectivity index (χ1v) is 6.30. The minimum atomic E-state index is -0.214. The van der Waals surface area contributed by atoms with E-state index in [0.29, 0.717) is 12.1 Å². The summed E-state index contributed by atoms with van der Waals surface area (Å²) < 4.78 is 5.17. The fourth-order valence-corrected chi connectivity index (χ4v) is 1.70. The van der Waals surface area contributed by atoms with E-state index in [0.717, 1.165) is 6.42 Å². The predicted octanol–water partition coefficient (Wildman–Crippen LogP) is 2.29. The van der Waals surface area contributed by atoms with Crippen LogP contribution in [0.1, 0.15) is 41.0 Å². The van der Waals surface area contributed by atoms with Gasteiger partial charge in [-0.15, -0.1) is 0 Å². The van der Waals surface area contributed by atoms with Crippen LogP contribution in [0.2, 0.25) is 0 Å². The SMILES string of the molecule is C=C(C)C(=O)NCCOC(=O)C(CC)C(C)(C)C. The van der Waals surface area contributed by atoms with E-state index in [1.54, 1.807) is 6.92 Å². The lowest BCUT2D eigenvalue weighted by Crippen LogP contribution is -2.33. The summed E-state index contributed by atoms with van der Waals surface area (Å²) in [5, 5.41) is 2.62. The Kier molecular flexibility index (Phi) is 6.66. The van der Waals surface area contributed by atoms with Gasteiger partial charge in [0.1, 0.15) is 6.61 Å². The molecule has 0 heterocycles. The standard InChI is InChI=1S/C14H25NO3/c1-7-11(14(4,5)6)13(17)18-9-8-15-12(16)10(2)3/h11H,2,7-9H2,1,3-6H3,(H,15,16). The van der Waals surface area contributed by atoms with Gasteiger partial charge in [-0.2, -0.15) is 0 Å². The molecular weight excluding hydrogens is 230 g/mol. The highest BCUT2D eigenvalue weighted by Crippen LogP contribution is 2.29. The minimum Gasteiger partial charge on any atom is -0.464 e. The van der Waals surface area contributed by atoms with Gasteiger partial charge in [-0.3, -0.25) is 9.59 Å². The van der Waals surface area contributed by atoms with Crippen LogP contribution < -0.4 is 5.32 Å². The molecule has 4 heteroatoms. The molecule has 0 radical (unpaired) electrons.